The molecule has 0 aromatic heterocycles. The van der Waals surface area contributed by atoms with Crippen molar-refractivity contribution in [2.45, 2.75) is 0 Å². The van der Waals surface area contributed by atoms with Gasteiger partial charge in [0.05, 0.1) is 19.9 Å². The zero-order valence-corrected chi connectivity index (χ0v) is 9.31. The van der Waals surface area contributed by atoms with E-state index in [1.807, 2.05) is 0 Å². The minimum Gasteiger partial charge on any atom is -0.497 e. The molecule has 0 aliphatic rings. The molecule has 1 rings (SSSR count). The van der Waals surface area contributed by atoms with Crippen LogP contribution in [0.15, 0.2) is 18.2 Å². The van der Waals surface area contributed by atoms with E-state index < -0.39 is 11.8 Å². The minimum absolute atomic E-state index is 0.293. The van der Waals surface area contributed by atoms with Crippen molar-refractivity contribution in [3.05, 3.63) is 18.2 Å². The second kappa shape index (κ2) is 5.71. The number of carbonyl (C=O) groups is 2. The number of ether oxygens (including phenoxy) is 2. The Bertz CT molecular complexity index is 433. The van der Waals surface area contributed by atoms with E-state index in [1.165, 1.54) is 25.8 Å². The van der Waals surface area contributed by atoms with Crippen molar-refractivity contribution in [2.24, 2.45) is 0 Å². The monoisotopic (exact) mass is 240 g/mol. The molecule has 0 bridgehead atoms. The van der Waals surface area contributed by atoms with Crippen molar-refractivity contribution in [1.29, 1.82) is 0 Å². The van der Waals surface area contributed by atoms with Crippen LogP contribution in [-0.2, 0) is 9.59 Å². The topological polar surface area (TPSA) is 96.9 Å². The minimum atomic E-state index is -1.16. The first-order valence-electron chi connectivity index (χ1n) is 4.59. The van der Waals surface area contributed by atoms with Gasteiger partial charge >= 0.3 is 11.8 Å². The Morgan fingerprint density at radius 2 is 1.88 bits per heavy atom. The molecule has 0 saturated heterocycles. The van der Waals surface area contributed by atoms with Gasteiger partial charge in [-0.3, -0.25) is 14.8 Å². The quantitative estimate of drug-likeness (QED) is 0.397. The molecule has 3 N–H and O–H groups in total. The molecule has 17 heavy (non-hydrogen) atoms. The summed E-state index contributed by atoms with van der Waals surface area (Å²) >= 11 is 0. The van der Waals surface area contributed by atoms with E-state index in [9.17, 15) is 9.59 Å². The molecule has 0 saturated carbocycles. The van der Waals surface area contributed by atoms with E-state index in [1.54, 1.807) is 12.1 Å². The zero-order valence-electron chi connectivity index (χ0n) is 9.31. The van der Waals surface area contributed by atoms with E-state index in [4.69, 9.17) is 14.7 Å². The fourth-order valence-corrected chi connectivity index (χ4v) is 1.13. The molecule has 1 aromatic rings. The van der Waals surface area contributed by atoms with Crippen molar-refractivity contribution >= 4 is 17.5 Å². The van der Waals surface area contributed by atoms with Crippen LogP contribution in [0.4, 0.5) is 5.69 Å². The smallest absolute Gasteiger partial charge is 0.332 e. The Kier molecular flexibility index (Phi) is 4.29. The van der Waals surface area contributed by atoms with Crippen molar-refractivity contribution in [2.75, 3.05) is 19.5 Å². The molecule has 0 spiro atoms. The largest absolute Gasteiger partial charge is 0.497 e. The molecule has 7 heteroatoms. The molecule has 0 aliphatic heterocycles. The highest BCUT2D eigenvalue weighted by Gasteiger charge is 2.15. The van der Waals surface area contributed by atoms with Crippen LogP contribution in [0.5, 0.6) is 11.5 Å². The van der Waals surface area contributed by atoms with E-state index in [0.29, 0.717) is 17.2 Å². The van der Waals surface area contributed by atoms with Crippen LogP contribution in [0, 0.1) is 0 Å². The first-order chi connectivity index (χ1) is 8.12. The molecule has 7 nitrogen and oxygen atoms in total. The molecule has 0 atom stereocenters. The van der Waals surface area contributed by atoms with Gasteiger partial charge in [0.25, 0.3) is 0 Å². The average molecular weight is 240 g/mol. The predicted octanol–water partition coefficient (Wildman–Crippen LogP) is 0.148. The fraction of sp³-hybridized carbons (Fsp3) is 0.200. The number of hydrogen-bond acceptors (Lipinski definition) is 5. The van der Waals surface area contributed by atoms with E-state index >= 15 is 0 Å². The Morgan fingerprint density at radius 3 is 2.41 bits per heavy atom. The molecule has 0 heterocycles. The standard InChI is InChI=1S/C10H12N2O5/c1-16-6-3-4-7(8(5-6)17-2)11-9(13)10(14)12-15/h3-5,15H,1-2H3,(H,11,13)(H,12,14). The normalized spacial score (nSPS) is 9.35. The third kappa shape index (κ3) is 3.08. The van der Waals surface area contributed by atoms with Gasteiger partial charge < -0.3 is 14.8 Å². The summed E-state index contributed by atoms with van der Waals surface area (Å²) in [7, 11) is 2.91. The van der Waals surface area contributed by atoms with Gasteiger partial charge in [-0.15, -0.1) is 0 Å². The number of hydroxylamine groups is 1. The van der Waals surface area contributed by atoms with Gasteiger partial charge in [-0.25, -0.2) is 5.48 Å². The van der Waals surface area contributed by atoms with Gasteiger partial charge in [-0.1, -0.05) is 0 Å². The molecule has 1 aromatic carbocycles. The van der Waals surface area contributed by atoms with Gasteiger partial charge in [0, 0.05) is 6.07 Å². The van der Waals surface area contributed by atoms with Crippen molar-refractivity contribution in [1.82, 2.24) is 5.48 Å². The molecule has 0 fully saturated rings. The summed E-state index contributed by atoms with van der Waals surface area (Å²) in [4.78, 5) is 22.0. The first kappa shape index (κ1) is 12.8. The number of benzene rings is 1. The maximum absolute atomic E-state index is 11.2. The van der Waals surface area contributed by atoms with Gasteiger partial charge in [0.15, 0.2) is 0 Å². The highest BCUT2D eigenvalue weighted by Crippen LogP contribution is 2.28. The Hall–Kier alpha value is -2.28. The number of nitrogens with one attached hydrogen (secondary N) is 2. The Balaban J connectivity index is 2.91. The lowest BCUT2D eigenvalue weighted by Gasteiger charge is -2.10. The second-order valence-electron chi connectivity index (χ2n) is 2.96. The zero-order chi connectivity index (χ0) is 12.8. The molecule has 2 amide bonds. The lowest BCUT2D eigenvalue weighted by atomic mass is 10.2. The average Bonchev–Trinajstić information content (AvgIpc) is 2.37. The van der Waals surface area contributed by atoms with Crippen molar-refractivity contribution < 1.29 is 24.3 Å². The molecule has 0 aliphatic carbocycles. The van der Waals surface area contributed by atoms with E-state index in [2.05, 4.69) is 5.32 Å². The molecule has 0 radical (unpaired) electrons. The van der Waals surface area contributed by atoms with Crippen LogP contribution in [0.2, 0.25) is 0 Å². The SMILES string of the molecule is COc1ccc(NC(=O)C(=O)NO)c(OC)c1. The summed E-state index contributed by atoms with van der Waals surface area (Å²) < 4.78 is 9.99. The van der Waals surface area contributed by atoms with Crippen LogP contribution < -0.4 is 20.3 Å². The lowest BCUT2D eigenvalue weighted by molar-refractivity contribution is -0.141. The predicted molar refractivity (Wildman–Crippen MR) is 58.1 cm³/mol. The summed E-state index contributed by atoms with van der Waals surface area (Å²) in [5.74, 6) is -1.28. The van der Waals surface area contributed by atoms with Crippen molar-refractivity contribution in [3.63, 3.8) is 0 Å². The number of carbonyl (C=O) groups excluding carboxylic acids is 2. The number of anilines is 1. The number of methoxy groups -OCH3 is 2. The molecule has 0 unspecified atom stereocenters. The van der Waals surface area contributed by atoms with E-state index in [0.717, 1.165) is 0 Å². The summed E-state index contributed by atoms with van der Waals surface area (Å²) in [6.07, 6.45) is 0. The summed E-state index contributed by atoms with van der Waals surface area (Å²) in [5.41, 5.74) is 1.52. The van der Waals surface area contributed by atoms with Crippen LogP contribution in [0.1, 0.15) is 0 Å². The van der Waals surface area contributed by atoms with Gasteiger partial charge in [0.1, 0.15) is 11.5 Å². The number of rotatable bonds is 3. The lowest BCUT2D eigenvalue weighted by Crippen LogP contribution is -2.33. The molecular formula is C10H12N2O5. The van der Waals surface area contributed by atoms with Crippen LogP contribution in [0.3, 0.4) is 0 Å². The highest BCUT2D eigenvalue weighted by atomic mass is 16.5. The van der Waals surface area contributed by atoms with Crippen LogP contribution in [0.25, 0.3) is 0 Å². The van der Waals surface area contributed by atoms with Gasteiger partial charge in [-0.2, -0.15) is 0 Å². The van der Waals surface area contributed by atoms with Crippen molar-refractivity contribution in [3.8, 4) is 11.5 Å². The van der Waals surface area contributed by atoms with Gasteiger partial charge in [-0.05, 0) is 12.1 Å². The van der Waals surface area contributed by atoms with Crippen LogP contribution >= 0.6 is 0 Å². The van der Waals surface area contributed by atoms with Gasteiger partial charge in [0.2, 0.25) is 0 Å². The maximum Gasteiger partial charge on any atom is 0.332 e. The fourth-order valence-electron chi connectivity index (χ4n) is 1.13. The number of amides is 2. The molecule has 92 valence electrons. The third-order valence-electron chi connectivity index (χ3n) is 1.96. The first-order valence-corrected chi connectivity index (χ1v) is 4.59. The summed E-state index contributed by atoms with van der Waals surface area (Å²) in [5, 5.41) is 10.6. The van der Waals surface area contributed by atoms with E-state index in [-0.39, 0.29) is 0 Å². The highest BCUT2D eigenvalue weighted by molar-refractivity contribution is 6.39. The van der Waals surface area contributed by atoms with Crippen LogP contribution in [-0.4, -0.2) is 31.2 Å². The summed E-state index contributed by atoms with van der Waals surface area (Å²) in [6, 6.07) is 4.65. The number of hydrogen-bond donors (Lipinski definition) is 3. The summed E-state index contributed by atoms with van der Waals surface area (Å²) in [6.45, 7) is 0. The third-order valence-corrected chi connectivity index (χ3v) is 1.96. The Labute approximate surface area is 97.3 Å². The molecular weight excluding hydrogens is 228 g/mol. The Morgan fingerprint density at radius 1 is 1.18 bits per heavy atom. The second-order valence-corrected chi connectivity index (χ2v) is 2.96. The maximum atomic E-state index is 11.2.